The number of likely N-dealkylation sites (tertiary alicyclic amines) is 1. The molecule has 2 atom stereocenters. The molecule has 1 saturated heterocycles. The molecule has 0 saturated carbocycles. The van der Waals surface area contributed by atoms with E-state index in [1.807, 2.05) is 18.4 Å². The van der Waals surface area contributed by atoms with E-state index in [1.54, 1.807) is 0 Å². The van der Waals surface area contributed by atoms with E-state index in [0.717, 1.165) is 19.0 Å². The Morgan fingerprint density at radius 1 is 1.21 bits per heavy atom. The molecule has 0 radical (unpaired) electrons. The highest BCUT2D eigenvalue weighted by Gasteiger charge is 2.31. The summed E-state index contributed by atoms with van der Waals surface area (Å²) in [4.78, 5) is 10.5. The first-order valence-corrected chi connectivity index (χ1v) is 10.9. The molecule has 0 aliphatic carbocycles. The van der Waals surface area contributed by atoms with E-state index in [-0.39, 0.29) is 0 Å². The molecule has 1 fully saturated rings. The Bertz CT molecular complexity index is 739. The van der Waals surface area contributed by atoms with Gasteiger partial charge in [0, 0.05) is 50.8 Å². The molecule has 0 spiro atoms. The van der Waals surface area contributed by atoms with Gasteiger partial charge in [0.1, 0.15) is 0 Å². The van der Waals surface area contributed by atoms with Crippen LogP contribution in [0.3, 0.4) is 0 Å². The van der Waals surface area contributed by atoms with Gasteiger partial charge in [0.15, 0.2) is 5.96 Å². The number of thiophene rings is 1. The quantitative estimate of drug-likeness (QED) is 0.576. The summed E-state index contributed by atoms with van der Waals surface area (Å²) >= 11 is 1.87. The predicted octanol–water partition coefficient (Wildman–Crippen LogP) is 3.56. The van der Waals surface area contributed by atoms with Crippen molar-refractivity contribution < 1.29 is 0 Å². The topological polar surface area (TPSA) is 42.9 Å². The van der Waals surface area contributed by atoms with Gasteiger partial charge in [-0.25, -0.2) is 0 Å². The van der Waals surface area contributed by atoms with Crippen LogP contribution in [0.4, 0.5) is 5.69 Å². The lowest BCUT2D eigenvalue weighted by molar-refractivity contribution is 0.125. The van der Waals surface area contributed by atoms with E-state index in [4.69, 9.17) is 0 Å². The number of aliphatic imine (C=N–C) groups is 1. The first kappa shape index (κ1) is 20.7. The van der Waals surface area contributed by atoms with Crippen LogP contribution in [-0.4, -0.2) is 52.1 Å². The van der Waals surface area contributed by atoms with Gasteiger partial charge in [0.2, 0.25) is 0 Å². The number of nitrogens with zero attached hydrogens (tertiary/aromatic N) is 3. The number of rotatable bonds is 6. The Morgan fingerprint density at radius 3 is 2.64 bits per heavy atom. The minimum Gasteiger partial charge on any atom is -0.378 e. The highest BCUT2D eigenvalue weighted by Crippen LogP contribution is 2.36. The van der Waals surface area contributed by atoms with Crippen molar-refractivity contribution >= 4 is 23.0 Å². The normalized spacial score (nSPS) is 20.8. The minimum absolute atomic E-state index is 0.498. The summed E-state index contributed by atoms with van der Waals surface area (Å²) in [5, 5.41) is 9.19. The SMILES string of the molecule is CN=C(NCc1ccc(N(C)C)cc1)NCC1CCCN(C)C1c1cccs1. The Balaban J connectivity index is 1.54. The first-order chi connectivity index (χ1) is 13.6. The Morgan fingerprint density at radius 2 is 2.00 bits per heavy atom. The summed E-state index contributed by atoms with van der Waals surface area (Å²) in [6, 6.07) is 13.6. The summed E-state index contributed by atoms with van der Waals surface area (Å²) in [6.45, 7) is 2.88. The van der Waals surface area contributed by atoms with E-state index in [9.17, 15) is 0 Å². The number of hydrogen-bond acceptors (Lipinski definition) is 4. The minimum atomic E-state index is 0.498. The van der Waals surface area contributed by atoms with Gasteiger partial charge in [0.25, 0.3) is 0 Å². The number of hydrogen-bond donors (Lipinski definition) is 2. The van der Waals surface area contributed by atoms with E-state index < -0.39 is 0 Å². The van der Waals surface area contributed by atoms with E-state index in [1.165, 1.54) is 35.5 Å². The van der Waals surface area contributed by atoms with Crippen LogP contribution in [0.25, 0.3) is 0 Å². The number of nitrogens with one attached hydrogen (secondary N) is 2. The van der Waals surface area contributed by atoms with Gasteiger partial charge in [-0.05, 0) is 61.5 Å². The molecule has 2 aromatic rings. The number of benzene rings is 1. The van der Waals surface area contributed by atoms with Crippen LogP contribution < -0.4 is 15.5 Å². The van der Waals surface area contributed by atoms with Gasteiger partial charge in [0.05, 0.1) is 0 Å². The van der Waals surface area contributed by atoms with Crippen LogP contribution in [0.2, 0.25) is 0 Å². The van der Waals surface area contributed by atoms with Crippen molar-refractivity contribution in [2.45, 2.75) is 25.4 Å². The fourth-order valence-electron chi connectivity index (χ4n) is 3.93. The van der Waals surface area contributed by atoms with E-state index in [2.05, 4.69) is 88.3 Å². The van der Waals surface area contributed by atoms with Gasteiger partial charge in [-0.2, -0.15) is 0 Å². The lowest BCUT2D eigenvalue weighted by Gasteiger charge is -2.39. The van der Waals surface area contributed by atoms with Gasteiger partial charge < -0.3 is 15.5 Å². The van der Waals surface area contributed by atoms with Crippen LogP contribution in [0, 0.1) is 5.92 Å². The maximum absolute atomic E-state index is 4.42. The van der Waals surface area contributed by atoms with Crippen LogP contribution in [0.15, 0.2) is 46.8 Å². The molecule has 152 valence electrons. The van der Waals surface area contributed by atoms with Crippen molar-refractivity contribution in [1.29, 1.82) is 0 Å². The molecular formula is C22H33N5S. The zero-order valence-electron chi connectivity index (χ0n) is 17.5. The fourth-order valence-corrected chi connectivity index (χ4v) is 4.91. The third-order valence-electron chi connectivity index (χ3n) is 5.51. The molecular weight excluding hydrogens is 366 g/mol. The second kappa shape index (κ2) is 9.94. The third kappa shape index (κ3) is 5.26. The predicted molar refractivity (Wildman–Crippen MR) is 121 cm³/mol. The highest BCUT2D eigenvalue weighted by molar-refractivity contribution is 7.10. The van der Waals surface area contributed by atoms with Crippen LogP contribution in [0.5, 0.6) is 0 Å². The lowest BCUT2D eigenvalue weighted by Crippen LogP contribution is -2.44. The highest BCUT2D eigenvalue weighted by atomic mass is 32.1. The second-order valence-corrected chi connectivity index (χ2v) is 8.69. The monoisotopic (exact) mass is 399 g/mol. The summed E-state index contributed by atoms with van der Waals surface area (Å²) in [7, 11) is 8.21. The van der Waals surface area contributed by atoms with Gasteiger partial charge >= 0.3 is 0 Å². The van der Waals surface area contributed by atoms with Gasteiger partial charge in [-0.3, -0.25) is 9.89 Å². The Hall–Kier alpha value is -2.05. The van der Waals surface area contributed by atoms with E-state index in [0.29, 0.717) is 12.0 Å². The summed E-state index contributed by atoms with van der Waals surface area (Å²) < 4.78 is 0. The zero-order chi connectivity index (χ0) is 19.9. The average molecular weight is 400 g/mol. The Kier molecular flexibility index (Phi) is 7.34. The van der Waals surface area contributed by atoms with Crippen LogP contribution in [0.1, 0.15) is 29.3 Å². The number of anilines is 1. The molecule has 0 bridgehead atoms. The van der Waals surface area contributed by atoms with E-state index >= 15 is 0 Å². The second-order valence-electron chi connectivity index (χ2n) is 7.71. The molecule has 2 heterocycles. The summed E-state index contributed by atoms with van der Waals surface area (Å²) in [5.41, 5.74) is 2.47. The molecule has 1 aromatic heterocycles. The molecule has 3 rings (SSSR count). The average Bonchev–Trinajstić information content (AvgIpc) is 3.22. The smallest absolute Gasteiger partial charge is 0.191 e. The van der Waals surface area contributed by atoms with Crippen molar-refractivity contribution in [2.24, 2.45) is 10.9 Å². The summed E-state index contributed by atoms with van der Waals surface area (Å²) in [6.07, 6.45) is 2.51. The number of piperidine rings is 1. The maximum Gasteiger partial charge on any atom is 0.191 e. The van der Waals surface area contributed by atoms with Gasteiger partial charge in [-0.15, -0.1) is 11.3 Å². The fraction of sp³-hybridized carbons (Fsp3) is 0.500. The molecule has 5 nitrogen and oxygen atoms in total. The molecule has 28 heavy (non-hydrogen) atoms. The van der Waals surface area contributed by atoms with Crippen LogP contribution in [-0.2, 0) is 6.54 Å². The molecule has 1 aliphatic rings. The van der Waals surface area contributed by atoms with Crippen molar-refractivity contribution in [3.05, 3.63) is 52.2 Å². The molecule has 1 aliphatic heterocycles. The molecule has 2 N–H and O–H groups in total. The van der Waals surface area contributed by atoms with Crippen molar-refractivity contribution in [3.63, 3.8) is 0 Å². The zero-order valence-corrected chi connectivity index (χ0v) is 18.3. The Labute approximate surface area is 173 Å². The third-order valence-corrected chi connectivity index (χ3v) is 6.45. The molecule has 1 aromatic carbocycles. The molecule has 6 heteroatoms. The van der Waals surface area contributed by atoms with Crippen molar-refractivity contribution in [2.75, 3.05) is 46.2 Å². The van der Waals surface area contributed by atoms with Gasteiger partial charge in [-0.1, -0.05) is 18.2 Å². The van der Waals surface area contributed by atoms with Crippen molar-refractivity contribution in [3.8, 4) is 0 Å². The lowest BCUT2D eigenvalue weighted by atomic mass is 9.88. The number of guanidine groups is 1. The molecule has 2 unspecified atom stereocenters. The van der Waals surface area contributed by atoms with Crippen molar-refractivity contribution in [1.82, 2.24) is 15.5 Å². The van der Waals surface area contributed by atoms with Crippen LogP contribution >= 0.6 is 11.3 Å². The summed E-state index contributed by atoms with van der Waals surface area (Å²) in [5.74, 6) is 1.46. The molecule has 0 amide bonds. The largest absolute Gasteiger partial charge is 0.378 e. The standard InChI is InChI=1S/C22H33N5S/c1-23-22(24-15-17-9-11-19(12-10-17)26(2)3)25-16-18-7-5-13-27(4)21(18)20-8-6-14-28-20/h6,8-12,14,18,21H,5,7,13,15-16H2,1-4H3,(H2,23,24,25). The maximum atomic E-state index is 4.42. The first-order valence-electron chi connectivity index (χ1n) is 10.0.